The highest BCUT2D eigenvalue weighted by molar-refractivity contribution is 6.31. The lowest BCUT2D eigenvalue weighted by Crippen LogP contribution is -2.10. The summed E-state index contributed by atoms with van der Waals surface area (Å²) >= 11 is 0. The third-order valence-electron chi connectivity index (χ3n) is 17.2. The molecule has 386 valence electrons. The summed E-state index contributed by atoms with van der Waals surface area (Å²) in [5.74, 6) is 0. The number of fused-ring (bicyclic) bond motifs is 22. The molecule has 6 heteroatoms. The van der Waals surface area contributed by atoms with Gasteiger partial charge in [0.25, 0.3) is 0 Å². The highest BCUT2D eigenvalue weighted by Crippen LogP contribution is 2.48. The Bertz CT molecular complexity index is 6040. The van der Waals surface area contributed by atoms with Crippen LogP contribution in [0.2, 0.25) is 0 Å². The predicted octanol–water partition coefficient (Wildman–Crippen LogP) is 22.2. The van der Waals surface area contributed by atoms with Crippen molar-refractivity contribution in [1.29, 1.82) is 0 Å². The van der Waals surface area contributed by atoms with Gasteiger partial charge in [0, 0.05) is 120 Å². The van der Waals surface area contributed by atoms with E-state index in [-0.39, 0.29) is 11.1 Å². The molecule has 0 unspecified atom stereocenters. The van der Waals surface area contributed by atoms with E-state index in [2.05, 4.69) is 166 Å². The van der Waals surface area contributed by atoms with Gasteiger partial charge in [-0.3, -0.25) is 0 Å². The van der Waals surface area contributed by atoms with Crippen molar-refractivity contribution in [1.82, 2.24) is 4.40 Å². The zero-order chi connectivity index (χ0) is 59.2. The molecule has 5 aromatic heterocycles. The molecule has 0 fully saturated rings. The van der Waals surface area contributed by atoms with E-state index in [9.17, 15) is 0 Å². The van der Waals surface area contributed by atoms with Gasteiger partial charge in [0.15, 0.2) is 0 Å². The molecule has 0 N–H and O–H groups in total. The molecule has 13 aromatic carbocycles. The van der Waals surface area contributed by atoms with E-state index in [1.165, 1.54) is 0 Å². The van der Waals surface area contributed by atoms with Gasteiger partial charge in [-0.2, -0.15) is 0 Å². The first-order valence-electron chi connectivity index (χ1n) is 30.7. The fourth-order valence-electron chi connectivity index (χ4n) is 13.9. The summed E-state index contributed by atoms with van der Waals surface area (Å²) in [5.41, 5.74) is 14.6. The Morgan fingerprint density at radius 3 is 1.39 bits per heavy atom. The summed E-state index contributed by atoms with van der Waals surface area (Å²) in [6.07, 6.45) is 0. The molecule has 0 spiro atoms. The highest BCUT2D eigenvalue weighted by atomic mass is 16.3. The number of benzene rings is 13. The van der Waals surface area contributed by atoms with Crippen LogP contribution in [0.3, 0.4) is 0 Å². The molecule has 6 nitrogen and oxygen atoms in total. The molecule has 0 bridgehead atoms. The van der Waals surface area contributed by atoms with Crippen LogP contribution in [0.1, 0.15) is 30.5 Å². The Balaban J connectivity index is 0.801. The van der Waals surface area contributed by atoms with E-state index >= 15 is 0 Å². The van der Waals surface area contributed by atoms with Gasteiger partial charge in [-0.25, -0.2) is 0 Å². The van der Waals surface area contributed by atoms with Crippen LogP contribution in [-0.4, -0.2) is 4.40 Å². The molecule has 0 aliphatic carbocycles. The standard InChI is InChI=1S/C76H49N3O3/c1-42-32-43(2)35-52(34-42)77(50-20-24-62-70(40-50)80-67-30-16-46-10-5-7-12-54(46)73(62)67)48-18-22-56-59-14-9-15-64-72-58-26-27-60-57-23-19-49(39-69(57)82-76(60)61(58)28-29-65(72)79(75(59)64)66(56)38-48)78(53-36-44(3)33-45(4)37-53)51-21-25-63-71(41-51)81-68-31-17-47-11-6-8-13-55(47)74(63)68/h5-41H,1-4H3/i1D3,3D3. The van der Waals surface area contributed by atoms with Gasteiger partial charge < -0.3 is 27.5 Å². The zero-order valence-electron chi connectivity index (χ0n) is 50.4. The summed E-state index contributed by atoms with van der Waals surface area (Å²) in [4.78, 5) is 4.23. The lowest BCUT2D eigenvalue weighted by atomic mass is 10.00. The Hall–Kier alpha value is -10.6. The molecule has 0 aliphatic heterocycles. The first-order chi connectivity index (χ1) is 42.7. The third-order valence-corrected chi connectivity index (χ3v) is 17.2. The average molecular weight is 1060 g/mol. The summed E-state index contributed by atoms with van der Waals surface area (Å²) in [5, 5.41) is 17.1. The van der Waals surface area contributed by atoms with Crippen LogP contribution in [0.5, 0.6) is 0 Å². The number of hydrogen-bond acceptors (Lipinski definition) is 5. The van der Waals surface area contributed by atoms with E-state index in [4.69, 9.17) is 21.5 Å². The fourth-order valence-corrected chi connectivity index (χ4v) is 13.9. The molecule has 0 aliphatic rings. The number of rotatable bonds is 6. The number of anilines is 6. The van der Waals surface area contributed by atoms with Crippen LogP contribution in [0, 0.1) is 27.6 Å². The van der Waals surface area contributed by atoms with Crippen LogP contribution in [-0.2, 0) is 0 Å². The Morgan fingerprint density at radius 2 is 0.780 bits per heavy atom. The van der Waals surface area contributed by atoms with E-state index in [1.54, 1.807) is 24.3 Å². The number of aryl methyl sites for hydroxylation is 4. The molecule has 18 aromatic rings. The maximum absolute atomic E-state index is 8.51. The maximum atomic E-state index is 8.51. The van der Waals surface area contributed by atoms with Crippen LogP contribution < -0.4 is 9.80 Å². The SMILES string of the molecule is [2H]C([2H])([2H])c1cc(C)cc(N(c2ccc3c(c2)oc2c3ccc3c2ccc2c3c3cccc4c5ccc(N(c6cc(C)cc(C([2H])([2H])[2H])c6)c6ccc7c(c6)oc6ccc8ccccc8c67)cc5n2c43)c2ccc3c(c2)oc2ccc4ccccc4c23)c1. The Morgan fingerprint density at radius 1 is 0.305 bits per heavy atom. The molecular formula is C76H49N3O3. The van der Waals surface area contributed by atoms with Gasteiger partial charge in [-0.05, 0) is 180 Å². The van der Waals surface area contributed by atoms with Crippen molar-refractivity contribution in [2.45, 2.75) is 27.6 Å². The van der Waals surface area contributed by atoms with E-state index in [0.717, 1.165) is 170 Å². The van der Waals surface area contributed by atoms with Crippen molar-refractivity contribution >= 4 is 170 Å². The highest BCUT2D eigenvalue weighted by Gasteiger charge is 2.25. The van der Waals surface area contributed by atoms with Crippen molar-refractivity contribution in [3.63, 3.8) is 0 Å². The summed E-state index contributed by atoms with van der Waals surface area (Å²) in [6, 6.07) is 76.6. The molecule has 0 saturated carbocycles. The number of aromatic nitrogens is 1. The van der Waals surface area contributed by atoms with Crippen LogP contribution in [0.4, 0.5) is 34.1 Å². The minimum absolute atomic E-state index is 0.255. The zero-order valence-corrected chi connectivity index (χ0v) is 44.4. The first-order valence-corrected chi connectivity index (χ1v) is 27.7. The van der Waals surface area contributed by atoms with E-state index in [0.29, 0.717) is 11.3 Å². The normalized spacial score (nSPS) is 13.8. The lowest BCUT2D eigenvalue weighted by Gasteiger charge is -2.26. The van der Waals surface area contributed by atoms with Crippen molar-refractivity contribution < 1.29 is 21.5 Å². The number of furan rings is 3. The molecule has 82 heavy (non-hydrogen) atoms. The molecule has 0 amide bonds. The fraction of sp³-hybridized carbons (Fsp3) is 0.0526. The van der Waals surface area contributed by atoms with E-state index < -0.39 is 13.7 Å². The molecule has 0 atom stereocenters. The van der Waals surface area contributed by atoms with Gasteiger partial charge >= 0.3 is 0 Å². The molecule has 0 radical (unpaired) electrons. The molecular weight excluding hydrogens is 1000 g/mol. The van der Waals surface area contributed by atoms with Gasteiger partial charge in [0.2, 0.25) is 0 Å². The van der Waals surface area contributed by atoms with Crippen molar-refractivity contribution in [2.75, 3.05) is 9.80 Å². The lowest BCUT2D eigenvalue weighted by molar-refractivity contribution is 0.669. The summed E-state index contributed by atoms with van der Waals surface area (Å²) < 4.78 is 73.6. The molecule has 0 saturated heterocycles. The average Bonchev–Trinajstić information content (AvgIpc) is 1.56. The molecule has 5 heterocycles. The Kier molecular flexibility index (Phi) is 8.00. The number of nitrogens with zero attached hydrogens (tertiary/aromatic N) is 3. The van der Waals surface area contributed by atoms with Crippen LogP contribution in [0.15, 0.2) is 238 Å². The monoisotopic (exact) mass is 1060 g/mol. The van der Waals surface area contributed by atoms with Gasteiger partial charge in [0.05, 0.1) is 16.6 Å². The van der Waals surface area contributed by atoms with Crippen molar-refractivity contribution in [3.05, 3.63) is 247 Å². The first kappa shape index (κ1) is 39.7. The van der Waals surface area contributed by atoms with Gasteiger partial charge in [-0.15, -0.1) is 0 Å². The van der Waals surface area contributed by atoms with E-state index in [1.807, 2.05) is 62.4 Å². The Labute approximate surface area is 478 Å². The summed E-state index contributed by atoms with van der Waals surface area (Å²) in [7, 11) is 0. The van der Waals surface area contributed by atoms with Crippen LogP contribution in [0.25, 0.3) is 136 Å². The third kappa shape index (κ3) is 6.40. The van der Waals surface area contributed by atoms with Gasteiger partial charge in [0.1, 0.15) is 33.5 Å². The maximum Gasteiger partial charge on any atom is 0.143 e. The predicted molar refractivity (Wildman–Crippen MR) is 344 cm³/mol. The number of hydrogen-bond donors (Lipinski definition) is 0. The number of para-hydroxylation sites is 1. The van der Waals surface area contributed by atoms with Gasteiger partial charge in [-0.1, -0.05) is 103 Å². The van der Waals surface area contributed by atoms with Crippen molar-refractivity contribution in [3.8, 4) is 0 Å². The quantitative estimate of drug-likeness (QED) is 0.166. The second kappa shape index (κ2) is 16.5. The topological polar surface area (TPSA) is 50.3 Å². The van der Waals surface area contributed by atoms with Crippen LogP contribution >= 0.6 is 0 Å². The smallest absolute Gasteiger partial charge is 0.143 e. The largest absolute Gasteiger partial charge is 0.456 e. The second-order valence-electron chi connectivity index (χ2n) is 22.2. The second-order valence-corrected chi connectivity index (χ2v) is 22.2. The van der Waals surface area contributed by atoms with Crippen molar-refractivity contribution in [2.24, 2.45) is 0 Å². The minimum atomic E-state index is -2.33. The minimum Gasteiger partial charge on any atom is -0.456 e. The molecule has 18 rings (SSSR count). The summed E-state index contributed by atoms with van der Waals surface area (Å²) in [6.45, 7) is -0.779.